The molecule has 0 fully saturated rings. The highest BCUT2D eigenvalue weighted by Crippen LogP contribution is 2.09. The number of esters is 2. The van der Waals surface area contributed by atoms with Gasteiger partial charge in [0.05, 0.1) is 12.2 Å². The lowest BCUT2D eigenvalue weighted by molar-refractivity contribution is -0.148. The molecule has 0 rings (SSSR count). The van der Waals surface area contributed by atoms with Crippen LogP contribution in [0.15, 0.2) is 0 Å². The molecule has 0 saturated heterocycles. The highest BCUT2D eigenvalue weighted by atomic mass is 16.6. The van der Waals surface area contributed by atoms with Crippen LogP contribution < -0.4 is 0 Å². The average Bonchev–Trinajstić information content (AvgIpc) is 2.70. The van der Waals surface area contributed by atoms with Gasteiger partial charge in [-0.25, -0.2) is 0 Å². The first-order chi connectivity index (χ1) is 14.0. The minimum atomic E-state index is -0.158. The Morgan fingerprint density at radius 2 is 1.00 bits per heavy atom. The normalized spacial score (nSPS) is 13.1. The van der Waals surface area contributed by atoms with Gasteiger partial charge in [0.25, 0.3) is 0 Å². The monoisotopic (exact) mass is 416 g/mol. The van der Waals surface area contributed by atoms with Crippen LogP contribution in [0.5, 0.6) is 0 Å². The Morgan fingerprint density at radius 3 is 1.38 bits per heavy atom. The number of carbonyl (C=O) groups excluding carboxylic acids is 2. The molecule has 0 heterocycles. The van der Waals surface area contributed by atoms with Crippen LogP contribution in [-0.4, -0.2) is 50.6 Å². The Labute approximate surface area is 178 Å². The maximum atomic E-state index is 11.7. The molecule has 0 aromatic rings. The topological polar surface area (TPSA) is 71.1 Å². The molecule has 0 aliphatic heterocycles. The summed E-state index contributed by atoms with van der Waals surface area (Å²) in [6.07, 6.45) is 9.64. The largest absolute Gasteiger partial charge is 0.463 e. The van der Waals surface area contributed by atoms with Crippen LogP contribution in [0.1, 0.15) is 98.3 Å². The quantitative estimate of drug-likeness (QED) is 0.200. The molecule has 0 aliphatic carbocycles. The van der Waals surface area contributed by atoms with Crippen LogP contribution in [0, 0.1) is 0 Å². The summed E-state index contributed by atoms with van der Waals surface area (Å²) in [5, 5.41) is 0. The summed E-state index contributed by atoms with van der Waals surface area (Å²) in [4.78, 5) is 23.4. The molecule has 2 unspecified atom stereocenters. The fraction of sp³-hybridized carbons (Fsp3) is 0.913. The summed E-state index contributed by atoms with van der Waals surface area (Å²) in [7, 11) is 0. The molecule has 0 aromatic heterocycles. The van der Waals surface area contributed by atoms with Crippen molar-refractivity contribution in [3.8, 4) is 0 Å². The van der Waals surface area contributed by atoms with Crippen LogP contribution >= 0.6 is 0 Å². The highest BCUT2D eigenvalue weighted by Gasteiger charge is 2.09. The standard InChI is InChI=1S/C23H44O6/c1-5-7-16-26-20(3)18-28-22(24)14-12-10-9-11-13-15-23(25)29-19-21(4)27-17-8-6-2/h20-21H,5-19H2,1-4H3. The molecule has 172 valence electrons. The fourth-order valence-corrected chi connectivity index (χ4v) is 2.59. The summed E-state index contributed by atoms with van der Waals surface area (Å²) < 4.78 is 21.6. The molecule has 6 heteroatoms. The van der Waals surface area contributed by atoms with E-state index >= 15 is 0 Å². The van der Waals surface area contributed by atoms with Crippen LogP contribution in [0.4, 0.5) is 0 Å². The molecule has 0 aromatic carbocycles. The third-order valence-electron chi connectivity index (χ3n) is 4.52. The number of unbranched alkanes of at least 4 members (excludes halogenated alkanes) is 6. The van der Waals surface area contributed by atoms with E-state index in [1.54, 1.807) is 0 Å². The van der Waals surface area contributed by atoms with Crippen molar-refractivity contribution in [2.45, 2.75) is 111 Å². The number of hydrogen-bond acceptors (Lipinski definition) is 6. The van der Waals surface area contributed by atoms with Gasteiger partial charge < -0.3 is 18.9 Å². The van der Waals surface area contributed by atoms with E-state index in [0.717, 1.165) is 57.8 Å². The molecule has 29 heavy (non-hydrogen) atoms. The molecular weight excluding hydrogens is 372 g/mol. The lowest BCUT2D eigenvalue weighted by Gasteiger charge is -2.13. The van der Waals surface area contributed by atoms with Gasteiger partial charge in [-0.15, -0.1) is 0 Å². The smallest absolute Gasteiger partial charge is 0.305 e. The average molecular weight is 417 g/mol. The first-order valence-corrected chi connectivity index (χ1v) is 11.5. The minimum Gasteiger partial charge on any atom is -0.463 e. The van der Waals surface area contributed by atoms with Crippen LogP contribution in [0.3, 0.4) is 0 Å². The van der Waals surface area contributed by atoms with E-state index in [4.69, 9.17) is 18.9 Å². The van der Waals surface area contributed by atoms with Crippen molar-refractivity contribution in [3.05, 3.63) is 0 Å². The number of rotatable bonds is 20. The predicted molar refractivity (Wildman–Crippen MR) is 115 cm³/mol. The Hall–Kier alpha value is -1.14. The van der Waals surface area contributed by atoms with E-state index in [9.17, 15) is 9.59 Å². The van der Waals surface area contributed by atoms with E-state index in [1.807, 2.05) is 13.8 Å². The predicted octanol–water partition coefficient (Wildman–Crippen LogP) is 5.21. The van der Waals surface area contributed by atoms with Gasteiger partial charge in [0.15, 0.2) is 0 Å². The van der Waals surface area contributed by atoms with Gasteiger partial charge >= 0.3 is 11.9 Å². The van der Waals surface area contributed by atoms with Gasteiger partial charge in [-0.3, -0.25) is 9.59 Å². The zero-order valence-corrected chi connectivity index (χ0v) is 19.2. The minimum absolute atomic E-state index is 0.0452. The summed E-state index contributed by atoms with van der Waals surface area (Å²) in [6, 6.07) is 0. The molecule has 0 N–H and O–H groups in total. The van der Waals surface area contributed by atoms with Crippen molar-refractivity contribution in [1.29, 1.82) is 0 Å². The van der Waals surface area contributed by atoms with Crippen LogP contribution in [0.25, 0.3) is 0 Å². The zero-order chi connectivity index (χ0) is 21.7. The summed E-state index contributed by atoms with van der Waals surface area (Å²) in [5.74, 6) is -0.315. The van der Waals surface area contributed by atoms with Gasteiger partial charge in [0.1, 0.15) is 13.2 Å². The molecular formula is C23H44O6. The molecule has 0 amide bonds. The van der Waals surface area contributed by atoms with Crippen molar-refractivity contribution < 1.29 is 28.5 Å². The third-order valence-corrected chi connectivity index (χ3v) is 4.52. The second-order valence-electron chi connectivity index (χ2n) is 7.70. The van der Waals surface area contributed by atoms with E-state index < -0.39 is 0 Å². The van der Waals surface area contributed by atoms with Crippen molar-refractivity contribution in [3.63, 3.8) is 0 Å². The fourth-order valence-electron chi connectivity index (χ4n) is 2.59. The summed E-state index contributed by atoms with van der Waals surface area (Å²) in [6.45, 7) is 10.2. The first kappa shape index (κ1) is 27.9. The molecule has 0 radical (unpaired) electrons. The van der Waals surface area contributed by atoms with Crippen LogP contribution in [-0.2, 0) is 28.5 Å². The first-order valence-electron chi connectivity index (χ1n) is 11.5. The van der Waals surface area contributed by atoms with Gasteiger partial charge in [-0.1, -0.05) is 46.0 Å². The van der Waals surface area contributed by atoms with E-state index in [-0.39, 0.29) is 24.1 Å². The number of ether oxygens (including phenoxy) is 4. The van der Waals surface area contributed by atoms with E-state index in [0.29, 0.717) is 39.3 Å². The molecule has 2 atom stereocenters. The maximum Gasteiger partial charge on any atom is 0.305 e. The lowest BCUT2D eigenvalue weighted by Crippen LogP contribution is -2.19. The summed E-state index contributed by atoms with van der Waals surface area (Å²) in [5.41, 5.74) is 0. The van der Waals surface area contributed by atoms with Crippen molar-refractivity contribution >= 4 is 11.9 Å². The Morgan fingerprint density at radius 1 is 0.621 bits per heavy atom. The van der Waals surface area contributed by atoms with Gasteiger partial charge in [-0.05, 0) is 39.5 Å². The van der Waals surface area contributed by atoms with Crippen molar-refractivity contribution in [2.75, 3.05) is 26.4 Å². The molecule has 0 bridgehead atoms. The molecule has 0 spiro atoms. The lowest BCUT2D eigenvalue weighted by atomic mass is 10.1. The zero-order valence-electron chi connectivity index (χ0n) is 19.2. The Kier molecular flexibility index (Phi) is 19.4. The van der Waals surface area contributed by atoms with Crippen molar-refractivity contribution in [1.82, 2.24) is 0 Å². The van der Waals surface area contributed by atoms with Crippen LogP contribution in [0.2, 0.25) is 0 Å². The number of carbonyl (C=O) groups is 2. The van der Waals surface area contributed by atoms with E-state index in [1.165, 1.54) is 0 Å². The molecule has 6 nitrogen and oxygen atoms in total. The second-order valence-corrected chi connectivity index (χ2v) is 7.70. The van der Waals surface area contributed by atoms with Gasteiger partial charge in [0.2, 0.25) is 0 Å². The molecule has 0 saturated carbocycles. The second kappa shape index (κ2) is 20.1. The third kappa shape index (κ3) is 19.9. The van der Waals surface area contributed by atoms with Gasteiger partial charge in [-0.2, -0.15) is 0 Å². The highest BCUT2D eigenvalue weighted by molar-refractivity contribution is 5.69. The Bertz CT molecular complexity index is 363. The van der Waals surface area contributed by atoms with Crippen molar-refractivity contribution in [2.24, 2.45) is 0 Å². The van der Waals surface area contributed by atoms with Gasteiger partial charge in [0, 0.05) is 26.1 Å². The summed E-state index contributed by atoms with van der Waals surface area (Å²) >= 11 is 0. The SMILES string of the molecule is CCCCOC(C)COC(=O)CCCCCCCC(=O)OCC(C)OCCCC. The number of hydrogen-bond donors (Lipinski definition) is 0. The maximum absolute atomic E-state index is 11.7. The molecule has 0 aliphatic rings. The van der Waals surface area contributed by atoms with E-state index in [2.05, 4.69) is 13.8 Å². The Balaban J connectivity index is 3.46.